The minimum absolute atomic E-state index is 0.0287. The molecule has 0 bridgehead atoms. The topological polar surface area (TPSA) is 48.3 Å². The predicted octanol–water partition coefficient (Wildman–Crippen LogP) is 2.84. The maximum absolute atomic E-state index is 12.5. The average molecular weight is 299 g/mol. The first kappa shape index (κ1) is 13.6. The lowest BCUT2D eigenvalue weighted by Crippen LogP contribution is -2.06. The number of ketones is 1. The van der Waals surface area contributed by atoms with E-state index in [1.165, 1.54) is 0 Å². The third-order valence-corrected chi connectivity index (χ3v) is 4.40. The van der Waals surface area contributed by atoms with Crippen LogP contribution in [0.3, 0.4) is 0 Å². The summed E-state index contributed by atoms with van der Waals surface area (Å²) in [6.45, 7) is 0. The molecule has 1 heterocycles. The van der Waals surface area contributed by atoms with Crippen LogP contribution >= 0.6 is 11.3 Å². The first-order chi connectivity index (χ1) is 10.1. The van der Waals surface area contributed by atoms with E-state index in [-0.39, 0.29) is 10.7 Å². The monoisotopic (exact) mass is 299 g/mol. The smallest absolute Gasteiger partial charge is 0.307 e. The van der Waals surface area contributed by atoms with Crippen molar-refractivity contribution in [3.63, 3.8) is 0 Å². The minimum atomic E-state index is -0.0666. The Kier molecular flexibility index (Phi) is 3.35. The summed E-state index contributed by atoms with van der Waals surface area (Å²) in [5.74, 6) is 0.645. The number of hydrogen-bond donors (Lipinski definition) is 0. The van der Waals surface area contributed by atoms with Crippen LogP contribution in [0, 0.1) is 0 Å². The van der Waals surface area contributed by atoms with Crippen LogP contribution in [0.4, 0.5) is 0 Å². The van der Waals surface area contributed by atoms with Gasteiger partial charge in [0.2, 0.25) is 0 Å². The molecule has 0 saturated heterocycles. The van der Waals surface area contributed by atoms with Crippen molar-refractivity contribution < 1.29 is 9.53 Å². The summed E-state index contributed by atoms with van der Waals surface area (Å²) in [6, 6.07) is 12.3. The SMILES string of the molecule is COc1ccc(C(=O)c2ccc3c(c2)sc(=O)n3C)cc1. The molecule has 2 aromatic carbocycles. The van der Waals surface area contributed by atoms with Gasteiger partial charge in [-0.05, 0) is 42.5 Å². The summed E-state index contributed by atoms with van der Waals surface area (Å²) in [6.07, 6.45) is 0. The summed E-state index contributed by atoms with van der Waals surface area (Å²) >= 11 is 1.15. The van der Waals surface area contributed by atoms with Gasteiger partial charge in [0, 0.05) is 18.2 Å². The van der Waals surface area contributed by atoms with E-state index in [0.717, 1.165) is 21.6 Å². The third-order valence-electron chi connectivity index (χ3n) is 3.41. The van der Waals surface area contributed by atoms with Gasteiger partial charge in [-0.25, -0.2) is 0 Å². The summed E-state index contributed by atoms with van der Waals surface area (Å²) in [4.78, 5) is 24.1. The van der Waals surface area contributed by atoms with Crippen LogP contribution in [0.1, 0.15) is 15.9 Å². The van der Waals surface area contributed by atoms with Gasteiger partial charge >= 0.3 is 4.87 Å². The van der Waals surface area contributed by atoms with Crippen LogP contribution in [0.25, 0.3) is 10.2 Å². The lowest BCUT2D eigenvalue weighted by molar-refractivity contribution is 0.103. The van der Waals surface area contributed by atoms with Crippen LogP contribution in [0.15, 0.2) is 47.3 Å². The molecule has 0 amide bonds. The molecular formula is C16H13NO3S. The Balaban J connectivity index is 2.02. The van der Waals surface area contributed by atoms with Gasteiger partial charge in [-0.1, -0.05) is 11.3 Å². The van der Waals surface area contributed by atoms with Crippen molar-refractivity contribution in [3.8, 4) is 5.75 Å². The molecule has 0 fully saturated rings. The Morgan fingerprint density at radius 1 is 1.10 bits per heavy atom. The number of aromatic nitrogens is 1. The second-order valence-electron chi connectivity index (χ2n) is 4.67. The normalized spacial score (nSPS) is 10.8. The van der Waals surface area contributed by atoms with Crippen molar-refractivity contribution in [1.29, 1.82) is 0 Å². The van der Waals surface area contributed by atoms with Crippen molar-refractivity contribution in [2.24, 2.45) is 7.05 Å². The molecular weight excluding hydrogens is 286 g/mol. The first-order valence-electron chi connectivity index (χ1n) is 6.38. The van der Waals surface area contributed by atoms with Crippen molar-refractivity contribution in [2.75, 3.05) is 7.11 Å². The van der Waals surface area contributed by atoms with Gasteiger partial charge < -0.3 is 9.30 Å². The highest BCUT2D eigenvalue weighted by molar-refractivity contribution is 7.16. The second-order valence-corrected chi connectivity index (χ2v) is 5.66. The summed E-state index contributed by atoms with van der Waals surface area (Å²) in [5, 5.41) is 0. The molecule has 0 aliphatic rings. The van der Waals surface area contributed by atoms with Gasteiger partial charge in [-0.3, -0.25) is 9.59 Å². The maximum Gasteiger partial charge on any atom is 0.307 e. The molecule has 3 aromatic rings. The van der Waals surface area contributed by atoms with Crippen molar-refractivity contribution in [1.82, 2.24) is 4.57 Å². The molecule has 5 heteroatoms. The van der Waals surface area contributed by atoms with Gasteiger partial charge in [-0.15, -0.1) is 0 Å². The fourth-order valence-corrected chi connectivity index (χ4v) is 3.10. The van der Waals surface area contributed by atoms with E-state index in [9.17, 15) is 9.59 Å². The molecule has 0 atom stereocenters. The molecule has 0 aliphatic carbocycles. The zero-order chi connectivity index (χ0) is 15.0. The number of carbonyl (C=O) groups excluding carboxylic acids is 1. The number of aryl methyl sites for hydroxylation is 1. The zero-order valence-corrected chi connectivity index (χ0v) is 12.4. The highest BCUT2D eigenvalue weighted by Crippen LogP contribution is 2.21. The molecule has 0 unspecified atom stereocenters. The van der Waals surface area contributed by atoms with E-state index in [4.69, 9.17) is 4.74 Å². The Labute approximate surface area is 125 Å². The van der Waals surface area contributed by atoms with Gasteiger partial charge in [-0.2, -0.15) is 0 Å². The highest BCUT2D eigenvalue weighted by atomic mass is 32.1. The number of thiazole rings is 1. The number of benzene rings is 2. The van der Waals surface area contributed by atoms with Gasteiger partial charge in [0.25, 0.3) is 0 Å². The highest BCUT2D eigenvalue weighted by Gasteiger charge is 2.12. The standard InChI is InChI=1S/C16H13NO3S/c1-17-13-8-5-11(9-14(13)21-16(17)19)15(18)10-3-6-12(20-2)7-4-10/h3-9H,1-2H3. The van der Waals surface area contributed by atoms with E-state index >= 15 is 0 Å². The average Bonchev–Trinajstić information content (AvgIpc) is 2.81. The van der Waals surface area contributed by atoms with Crippen molar-refractivity contribution in [3.05, 3.63) is 63.3 Å². The number of hydrogen-bond acceptors (Lipinski definition) is 4. The maximum atomic E-state index is 12.5. The summed E-state index contributed by atoms with van der Waals surface area (Å²) in [7, 11) is 3.31. The largest absolute Gasteiger partial charge is 0.497 e. The second kappa shape index (κ2) is 5.18. The van der Waals surface area contributed by atoms with E-state index in [0.29, 0.717) is 16.9 Å². The van der Waals surface area contributed by atoms with E-state index in [2.05, 4.69) is 0 Å². The fourth-order valence-electron chi connectivity index (χ4n) is 2.18. The first-order valence-corrected chi connectivity index (χ1v) is 7.20. The van der Waals surface area contributed by atoms with Gasteiger partial charge in [0.15, 0.2) is 5.78 Å². The Hall–Kier alpha value is -2.40. The van der Waals surface area contributed by atoms with Crippen LogP contribution in [0.5, 0.6) is 5.75 Å². The van der Waals surface area contributed by atoms with Crippen molar-refractivity contribution in [2.45, 2.75) is 0 Å². The predicted molar refractivity (Wildman–Crippen MR) is 83.5 cm³/mol. The molecule has 4 nitrogen and oxygen atoms in total. The van der Waals surface area contributed by atoms with Crippen LogP contribution in [0.2, 0.25) is 0 Å². The lowest BCUT2D eigenvalue weighted by Gasteiger charge is -2.03. The fraction of sp³-hybridized carbons (Fsp3) is 0.125. The molecule has 0 spiro atoms. The Bertz CT molecular complexity index is 875. The molecule has 3 rings (SSSR count). The van der Waals surface area contributed by atoms with E-state index < -0.39 is 0 Å². The molecule has 0 saturated carbocycles. The quantitative estimate of drug-likeness (QED) is 0.699. The molecule has 21 heavy (non-hydrogen) atoms. The number of fused-ring (bicyclic) bond motifs is 1. The van der Waals surface area contributed by atoms with Crippen LogP contribution in [-0.4, -0.2) is 17.5 Å². The molecule has 106 valence electrons. The van der Waals surface area contributed by atoms with Crippen molar-refractivity contribution >= 4 is 27.3 Å². The summed E-state index contributed by atoms with van der Waals surface area (Å²) in [5.41, 5.74) is 2.02. The lowest BCUT2D eigenvalue weighted by atomic mass is 10.0. The molecule has 0 N–H and O–H groups in total. The van der Waals surface area contributed by atoms with Gasteiger partial charge in [0.1, 0.15) is 5.75 Å². The Morgan fingerprint density at radius 3 is 2.43 bits per heavy atom. The van der Waals surface area contributed by atoms with E-state index in [1.807, 2.05) is 6.07 Å². The third kappa shape index (κ3) is 2.36. The molecule has 0 radical (unpaired) electrons. The zero-order valence-electron chi connectivity index (χ0n) is 11.6. The number of methoxy groups -OCH3 is 1. The Morgan fingerprint density at radius 2 is 1.76 bits per heavy atom. The number of nitrogens with zero attached hydrogens (tertiary/aromatic N) is 1. The number of rotatable bonds is 3. The van der Waals surface area contributed by atoms with Crippen LogP contribution in [-0.2, 0) is 7.05 Å². The minimum Gasteiger partial charge on any atom is -0.497 e. The molecule has 1 aromatic heterocycles. The number of ether oxygens (including phenoxy) is 1. The van der Waals surface area contributed by atoms with E-state index in [1.54, 1.807) is 55.1 Å². The van der Waals surface area contributed by atoms with Gasteiger partial charge in [0.05, 0.1) is 17.3 Å². The number of carbonyl (C=O) groups is 1. The summed E-state index contributed by atoms with van der Waals surface area (Å²) < 4.78 is 7.49. The molecule has 0 aliphatic heterocycles. The van der Waals surface area contributed by atoms with Crippen LogP contribution < -0.4 is 9.61 Å².